The summed E-state index contributed by atoms with van der Waals surface area (Å²) < 4.78 is 13.2. The van der Waals surface area contributed by atoms with Gasteiger partial charge in [-0.2, -0.15) is 0 Å². The van der Waals surface area contributed by atoms with Gasteiger partial charge in [-0.25, -0.2) is 4.39 Å². The highest BCUT2D eigenvalue weighted by Crippen LogP contribution is 2.39. The van der Waals surface area contributed by atoms with Crippen molar-refractivity contribution >= 4 is 5.91 Å². The predicted octanol–water partition coefficient (Wildman–Crippen LogP) is 1.37. The third kappa shape index (κ3) is 3.43. The number of halogens is 1. The molecule has 0 bridgehead atoms. The molecule has 0 saturated carbocycles. The van der Waals surface area contributed by atoms with Crippen molar-refractivity contribution in [1.82, 2.24) is 19.7 Å². The van der Waals surface area contributed by atoms with Crippen LogP contribution in [0.2, 0.25) is 0 Å². The minimum atomic E-state index is -0.337. The van der Waals surface area contributed by atoms with Crippen LogP contribution < -0.4 is 0 Å². The first-order valence-electron chi connectivity index (χ1n) is 10.1. The van der Waals surface area contributed by atoms with Crippen molar-refractivity contribution in [2.45, 2.75) is 30.7 Å². The largest absolute Gasteiger partial charge is 0.392 e. The van der Waals surface area contributed by atoms with Crippen LogP contribution >= 0.6 is 0 Å². The molecule has 6 nitrogen and oxygen atoms in total. The van der Waals surface area contributed by atoms with Crippen LogP contribution in [-0.4, -0.2) is 81.1 Å². The molecule has 0 aliphatic carbocycles. The molecule has 0 unspecified atom stereocenters. The maximum Gasteiger partial charge on any atom is 0.255 e. The molecule has 1 aromatic heterocycles. The fourth-order valence-electron chi connectivity index (χ4n) is 5.27. The van der Waals surface area contributed by atoms with Crippen LogP contribution in [0.25, 0.3) is 0 Å². The van der Waals surface area contributed by atoms with Crippen LogP contribution in [0.4, 0.5) is 4.39 Å². The molecule has 7 heteroatoms. The standard InChI is InChI=1S/C22H25FN4O2/c23-18-5-3-16(4-6-18)10-25-13-22(14-25)15-26(11-19-8-20(28)12-27(19)22)21(29)17-2-1-7-24-9-17/h1-7,9,19-20,28H,8,10-15H2/t19-,20+/m0/s1. The first-order chi connectivity index (χ1) is 14.0. The van der Waals surface area contributed by atoms with E-state index in [0.717, 1.165) is 25.2 Å². The summed E-state index contributed by atoms with van der Waals surface area (Å²) in [6, 6.07) is 10.4. The second-order valence-electron chi connectivity index (χ2n) is 8.62. The van der Waals surface area contributed by atoms with Crippen LogP contribution in [0.5, 0.6) is 0 Å². The third-order valence-corrected chi connectivity index (χ3v) is 6.47. The Balaban J connectivity index is 1.32. The van der Waals surface area contributed by atoms with Crippen molar-refractivity contribution in [3.8, 4) is 0 Å². The van der Waals surface area contributed by atoms with Crippen LogP contribution in [-0.2, 0) is 6.54 Å². The zero-order chi connectivity index (χ0) is 20.0. The lowest BCUT2D eigenvalue weighted by Crippen LogP contribution is -2.78. The van der Waals surface area contributed by atoms with E-state index in [1.165, 1.54) is 12.1 Å². The normalized spacial score (nSPS) is 26.3. The molecular weight excluding hydrogens is 371 g/mol. The summed E-state index contributed by atoms with van der Waals surface area (Å²) in [5.74, 6) is -0.213. The maximum absolute atomic E-state index is 13.2. The summed E-state index contributed by atoms with van der Waals surface area (Å²) in [7, 11) is 0. The Labute approximate surface area is 169 Å². The van der Waals surface area contributed by atoms with Crippen molar-refractivity contribution in [2.75, 3.05) is 32.7 Å². The summed E-state index contributed by atoms with van der Waals surface area (Å²) in [6.07, 6.45) is 3.66. The van der Waals surface area contributed by atoms with Crippen molar-refractivity contribution in [3.63, 3.8) is 0 Å². The highest BCUT2D eigenvalue weighted by molar-refractivity contribution is 5.94. The Morgan fingerprint density at radius 3 is 2.69 bits per heavy atom. The molecular formula is C22H25FN4O2. The number of likely N-dealkylation sites (tertiary alicyclic amines) is 1. The number of carbonyl (C=O) groups is 1. The molecule has 3 aliphatic rings. The van der Waals surface area contributed by atoms with Gasteiger partial charge in [0.2, 0.25) is 0 Å². The number of hydrogen-bond donors (Lipinski definition) is 1. The Bertz CT molecular complexity index is 885. The first kappa shape index (κ1) is 18.7. The average molecular weight is 396 g/mol. The van der Waals surface area contributed by atoms with E-state index >= 15 is 0 Å². The van der Waals surface area contributed by atoms with Crippen LogP contribution in [0.1, 0.15) is 22.3 Å². The Kier molecular flexibility index (Phi) is 4.61. The topological polar surface area (TPSA) is 59.9 Å². The number of nitrogens with zero attached hydrogens (tertiary/aromatic N) is 4. The Hall–Kier alpha value is -2.35. The van der Waals surface area contributed by atoms with Crippen LogP contribution in [0.15, 0.2) is 48.8 Å². The lowest BCUT2D eigenvalue weighted by molar-refractivity contribution is -0.108. The van der Waals surface area contributed by atoms with Crippen molar-refractivity contribution in [3.05, 3.63) is 65.7 Å². The molecule has 29 heavy (non-hydrogen) atoms. The lowest BCUT2D eigenvalue weighted by atomic mass is 9.83. The van der Waals surface area contributed by atoms with Gasteiger partial charge in [0.15, 0.2) is 0 Å². The number of amides is 1. The fraction of sp³-hybridized carbons (Fsp3) is 0.455. The van der Waals surface area contributed by atoms with Crippen LogP contribution in [0, 0.1) is 5.82 Å². The molecule has 1 aromatic carbocycles. The van der Waals surface area contributed by atoms with E-state index in [-0.39, 0.29) is 29.4 Å². The molecule has 4 heterocycles. The van der Waals surface area contributed by atoms with Gasteiger partial charge < -0.3 is 10.0 Å². The lowest BCUT2D eigenvalue weighted by Gasteiger charge is -2.61. The quantitative estimate of drug-likeness (QED) is 0.849. The fourth-order valence-corrected chi connectivity index (χ4v) is 5.27. The number of β-amino-alcohol motifs (C(OH)–C–C–N with tert-alkyl or cyclic N) is 1. The molecule has 2 aromatic rings. The van der Waals surface area contributed by atoms with Gasteiger partial charge in [0.05, 0.1) is 17.2 Å². The maximum atomic E-state index is 13.2. The number of pyridine rings is 1. The van der Waals surface area contributed by atoms with Gasteiger partial charge in [-0.15, -0.1) is 0 Å². The molecule has 0 radical (unpaired) electrons. The average Bonchev–Trinajstić information content (AvgIpc) is 3.09. The number of rotatable bonds is 3. The van der Waals surface area contributed by atoms with E-state index in [0.29, 0.717) is 31.6 Å². The van der Waals surface area contributed by atoms with Crippen molar-refractivity contribution < 1.29 is 14.3 Å². The van der Waals surface area contributed by atoms with Gasteiger partial charge in [0.25, 0.3) is 5.91 Å². The van der Waals surface area contributed by atoms with Crippen molar-refractivity contribution in [2.24, 2.45) is 0 Å². The summed E-state index contributed by atoms with van der Waals surface area (Å²) in [6.45, 7) is 4.41. The molecule has 5 rings (SSSR count). The third-order valence-electron chi connectivity index (χ3n) is 6.47. The number of hydrogen-bond acceptors (Lipinski definition) is 5. The summed E-state index contributed by atoms with van der Waals surface area (Å²) in [4.78, 5) is 23.8. The molecule has 152 valence electrons. The minimum absolute atomic E-state index is 0.00972. The zero-order valence-corrected chi connectivity index (χ0v) is 16.2. The van der Waals surface area contributed by atoms with E-state index in [2.05, 4.69) is 14.8 Å². The Morgan fingerprint density at radius 2 is 1.97 bits per heavy atom. The Morgan fingerprint density at radius 1 is 1.17 bits per heavy atom. The van der Waals surface area contributed by atoms with E-state index in [1.807, 2.05) is 17.0 Å². The van der Waals surface area contributed by atoms with Gasteiger partial charge in [-0.3, -0.25) is 19.6 Å². The van der Waals surface area contributed by atoms with Gasteiger partial charge in [-0.1, -0.05) is 12.1 Å². The molecule has 3 saturated heterocycles. The van der Waals surface area contributed by atoms with Gasteiger partial charge in [-0.05, 0) is 36.2 Å². The number of aliphatic hydroxyl groups is 1. The van der Waals surface area contributed by atoms with E-state index in [1.54, 1.807) is 24.5 Å². The smallest absolute Gasteiger partial charge is 0.255 e. The van der Waals surface area contributed by atoms with Gasteiger partial charge >= 0.3 is 0 Å². The second kappa shape index (κ2) is 7.16. The molecule has 1 amide bonds. The zero-order valence-electron chi connectivity index (χ0n) is 16.2. The molecule has 3 fully saturated rings. The second-order valence-corrected chi connectivity index (χ2v) is 8.62. The molecule has 1 N–H and O–H groups in total. The van der Waals surface area contributed by atoms with Gasteiger partial charge in [0, 0.05) is 57.7 Å². The number of aromatic nitrogens is 1. The molecule has 3 aliphatic heterocycles. The molecule has 1 spiro atoms. The summed E-state index contributed by atoms with van der Waals surface area (Å²) in [5.41, 5.74) is 1.56. The van der Waals surface area contributed by atoms with Crippen molar-refractivity contribution in [1.29, 1.82) is 0 Å². The van der Waals surface area contributed by atoms with E-state index < -0.39 is 0 Å². The van der Waals surface area contributed by atoms with E-state index in [9.17, 15) is 14.3 Å². The number of fused-ring (bicyclic) bond motifs is 2. The van der Waals surface area contributed by atoms with Gasteiger partial charge in [0.1, 0.15) is 5.82 Å². The minimum Gasteiger partial charge on any atom is -0.392 e. The van der Waals surface area contributed by atoms with E-state index in [4.69, 9.17) is 0 Å². The predicted molar refractivity (Wildman–Crippen MR) is 106 cm³/mol. The summed E-state index contributed by atoms with van der Waals surface area (Å²) >= 11 is 0. The number of carbonyl (C=O) groups excluding carboxylic acids is 1. The number of aliphatic hydroxyl groups excluding tert-OH is 1. The highest BCUT2D eigenvalue weighted by atomic mass is 19.1. The van der Waals surface area contributed by atoms with Crippen LogP contribution in [0.3, 0.4) is 0 Å². The monoisotopic (exact) mass is 396 g/mol. The first-order valence-corrected chi connectivity index (χ1v) is 10.1. The highest BCUT2D eigenvalue weighted by Gasteiger charge is 2.56. The number of piperazine rings is 1. The number of benzene rings is 1. The SMILES string of the molecule is O=C(c1cccnc1)N1C[C@@H]2C[C@@H](O)CN2C2(CN(Cc3ccc(F)cc3)C2)C1. The molecule has 2 atom stereocenters. The summed E-state index contributed by atoms with van der Waals surface area (Å²) in [5, 5.41) is 10.3.